The molecule has 0 aliphatic rings. The summed E-state index contributed by atoms with van der Waals surface area (Å²) in [5, 5.41) is 7.19. The van der Waals surface area contributed by atoms with E-state index in [1.54, 1.807) is 0 Å². The van der Waals surface area contributed by atoms with E-state index in [1.807, 2.05) is 0 Å². The third-order valence-corrected chi connectivity index (χ3v) is 0. The van der Waals surface area contributed by atoms with E-state index in [0.717, 1.165) is 0 Å². The molecule has 0 radical (unpaired) electrons. The number of hydrogen-bond donors (Lipinski definition) is 4. The van der Waals surface area contributed by atoms with Crippen molar-refractivity contribution in [1.29, 1.82) is 0 Å². The van der Waals surface area contributed by atoms with E-state index < -0.39 is 6.09 Å². The molecule has 0 atom stereocenters. The van der Waals surface area contributed by atoms with Gasteiger partial charge < -0.3 is 10.8 Å². The fourth-order valence-corrected chi connectivity index (χ4v) is 0. The number of primary amides is 1. The molecular weight excluding hydrogens is 306 g/mol. The average Bonchev–Trinajstić information content (AvgIpc) is 1.41. The predicted molar refractivity (Wildman–Crippen MR) is 30.2 cm³/mol. The molecule has 0 fully saturated rings. The smallest absolute Gasteiger partial charge is 0.402 e. The maximum absolute atomic E-state index is 8.78. The summed E-state index contributed by atoms with van der Waals surface area (Å²) >= 11 is 6.44. The molecule has 0 spiro atoms. The number of nitrogens with two attached hydrogens (primary N) is 1. The van der Waals surface area contributed by atoms with Crippen LogP contribution in [0, 0.1) is 0 Å². The molecule has 0 unspecified atom stereocenters. The Morgan fingerprint density at radius 3 is 1.57 bits per heavy atom. The predicted octanol–water partition coefficient (Wildman–Crippen LogP) is 0.382. The Kier molecular flexibility index (Phi) is 35.6. The number of hydrogen-bond acceptors (Lipinski definition) is 3. The summed E-state index contributed by atoms with van der Waals surface area (Å²) in [6.07, 6.45) is -1.33. The summed E-state index contributed by atoms with van der Waals surface area (Å²) < 4.78 is 0. The maximum atomic E-state index is 8.78. The van der Waals surface area contributed by atoms with E-state index in [1.165, 1.54) is 0 Å². The molecule has 3 N–H and O–H groups in total. The molecule has 7 heavy (non-hydrogen) atoms. The molecule has 3 nitrogen and oxygen atoms in total. The summed E-state index contributed by atoms with van der Waals surface area (Å²) in [6.45, 7) is 0. The van der Waals surface area contributed by atoms with Crippen LogP contribution >= 0.6 is 23.3 Å². The second kappa shape index (κ2) is 15.9. The largest absolute Gasteiger partial charge is 0.465 e. The van der Waals surface area contributed by atoms with Crippen molar-refractivity contribution in [3.63, 3.8) is 0 Å². The van der Waals surface area contributed by atoms with E-state index in [4.69, 9.17) is 9.90 Å². The van der Waals surface area contributed by atoms with Crippen molar-refractivity contribution >= 4 is 29.4 Å². The minimum absolute atomic E-state index is 0. The molecule has 0 saturated carbocycles. The van der Waals surface area contributed by atoms with Gasteiger partial charge in [-0.25, -0.2) is 4.79 Å². The Bertz CT molecular complexity index is 38.7. The summed E-state index contributed by atoms with van der Waals surface area (Å²) in [5.74, 6) is 0. The monoisotopic (exact) mass is 311 g/mol. The summed E-state index contributed by atoms with van der Waals surface area (Å²) in [4.78, 5) is 8.78. The molecule has 0 rings (SSSR count). The van der Waals surface area contributed by atoms with Gasteiger partial charge in [0, 0.05) is 21.1 Å². The molecular formula is CH5NO2S2W. The molecule has 0 heterocycles. The molecule has 0 aromatic carbocycles. The minimum Gasteiger partial charge on any atom is -0.465 e. The Morgan fingerprint density at radius 2 is 1.57 bits per heavy atom. The van der Waals surface area contributed by atoms with Gasteiger partial charge >= 0.3 is 6.09 Å². The first-order valence-corrected chi connectivity index (χ1v) is 2.52. The normalized spacial score (nSPS) is 4.29. The fourth-order valence-electron chi connectivity index (χ4n) is 0. The second-order valence-electron chi connectivity index (χ2n) is 0.338. The van der Waals surface area contributed by atoms with E-state index in [9.17, 15) is 0 Å². The summed E-state index contributed by atoms with van der Waals surface area (Å²) in [7, 11) is 0. The number of thiol groups is 2. The third kappa shape index (κ3) is 333. The van der Waals surface area contributed by atoms with Crippen molar-refractivity contribution in [3.8, 4) is 0 Å². The van der Waals surface area contributed by atoms with Gasteiger partial charge in [-0.3, -0.25) is 0 Å². The molecule has 0 bridgehead atoms. The standard InChI is InChI=1S/CH3NO2.H2S2.W/c2-1(3)4;1-2;/h2H2,(H,3,4);1-2H;. The van der Waals surface area contributed by atoms with Gasteiger partial charge in [0.1, 0.15) is 0 Å². The van der Waals surface area contributed by atoms with Crippen LogP contribution in [0.1, 0.15) is 0 Å². The van der Waals surface area contributed by atoms with Crippen LogP contribution in [-0.4, -0.2) is 11.2 Å². The van der Waals surface area contributed by atoms with Crippen LogP contribution in [0.2, 0.25) is 0 Å². The van der Waals surface area contributed by atoms with Crippen molar-refractivity contribution in [2.24, 2.45) is 5.73 Å². The fraction of sp³-hybridized carbons (Fsp3) is 0. The zero-order chi connectivity index (χ0) is 5.58. The Morgan fingerprint density at radius 1 is 1.57 bits per heavy atom. The van der Waals surface area contributed by atoms with E-state index >= 15 is 0 Å². The van der Waals surface area contributed by atoms with Crippen LogP contribution in [0.5, 0.6) is 0 Å². The van der Waals surface area contributed by atoms with Crippen LogP contribution < -0.4 is 5.73 Å². The Labute approximate surface area is 66.1 Å². The van der Waals surface area contributed by atoms with Crippen LogP contribution in [0.3, 0.4) is 0 Å². The maximum Gasteiger partial charge on any atom is 0.402 e. The molecule has 0 aliphatic carbocycles. The number of carbonyl (C=O) groups is 1. The minimum atomic E-state index is -1.33. The molecule has 44 valence electrons. The topological polar surface area (TPSA) is 63.3 Å². The first kappa shape index (κ1) is 15.6. The number of carboxylic acid groups (broad SMARTS) is 1. The van der Waals surface area contributed by atoms with Crippen molar-refractivity contribution in [1.82, 2.24) is 0 Å². The van der Waals surface area contributed by atoms with Crippen molar-refractivity contribution in [3.05, 3.63) is 0 Å². The number of rotatable bonds is 0. The van der Waals surface area contributed by atoms with Crippen molar-refractivity contribution < 1.29 is 31.0 Å². The Hall–Kier alpha value is 0.658. The van der Waals surface area contributed by atoms with Crippen molar-refractivity contribution in [2.75, 3.05) is 0 Å². The van der Waals surface area contributed by atoms with Gasteiger partial charge in [-0.1, -0.05) is 0 Å². The van der Waals surface area contributed by atoms with Gasteiger partial charge in [-0.05, 0) is 0 Å². The molecule has 0 aliphatic heterocycles. The second-order valence-corrected chi connectivity index (χ2v) is 0.338. The first-order valence-electron chi connectivity index (χ1n) is 0.916. The third-order valence-electron chi connectivity index (χ3n) is 0. The average molecular weight is 311 g/mol. The van der Waals surface area contributed by atoms with Gasteiger partial charge in [0.25, 0.3) is 0 Å². The quantitative estimate of drug-likeness (QED) is 0.386. The summed E-state index contributed by atoms with van der Waals surface area (Å²) in [5.41, 5.74) is 4.03. The first-order chi connectivity index (χ1) is 2.73. The van der Waals surface area contributed by atoms with E-state index in [0.29, 0.717) is 0 Å². The van der Waals surface area contributed by atoms with E-state index in [2.05, 4.69) is 29.1 Å². The van der Waals surface area contributed by atoms with Crippen molar-refractivity contribution in [2.45, 2.75) is 0 Å². The van der Waals surface area contributed by atoms with Gasteiger partial charge in [0.05, 0.1) is 0 Å². The zero-order valence-corrected chi connectivity index (χ0v) is 7.96. The molecule has 0 aromatic rings. The van der Waals surface area contributed by atoms with E-state index in [-0.39, 0.29) is 21.1 Å². The Balaban J connectivity index is -0.0000000480. The number of amides is 1. The van der Waals surface area contributed by atoms with Gasteiger partial charge in [-0.2, -0.15) is 0 Å². The molecule has 0 saturated heterocycles. The molecule has 1 amide bonds. The van der Waals surface area contributed by atoms with Crippen LogP contribution in [0.25, 0.3) is 0 Å². The van der Waals surface area contributed by atoms with Gasteiger partial charge in [0.2, 0.25) is 0 Å². The SMILES string of the molecule is NC(=O)O.SS.[W]. The molecule has 6 heteroatoms. The summed E-state index contributed by atoms with van der Waals surface area (Å²) in [6, 6.07) is 0. The van der Waals surface area contributed by atoms with Gasteiger partial charge in [-0.15, -0.1) is 23.3 Å². The molecule has 0 aromatic heterocycles. The zero-order valence-electron chi connectivity index (χ0n) is 3.24. The van der Waals surface area contributed by atoms with Crippen LogP contribution in [0.4, 0.5) is 4.79 Å². The van der Waals surface area contributed by atoms with Crippen LogP contribution in [0.15, 0.2) is 0 Å². The van der Waals surface area contributed by atoms with Crippen LogP contribution in [-0.2, 0) is 21.1 Å². The van der Waals surface area contributed by atoms with Gasteiger partial charge in [0.15, 0.2) is 0 Å².